The largest absolute Gasteiger partial charge is 0.496 e. The van der Waals surface area contributed by atoms with Gasteiger partial charge in [-0.15, -0.1) is 0 Å². The Labute approximate surface area is 97.8 Å². The van der Waals surface area contributed by atoms with Crippen molar-refractivity contribution in [1.29, 1.82) is 0 Å². The summed E-state index contributed by atoms with van der Waals surface area (Å²) in [6, 6.07) is 6.47. The average Bonchev–Trinajstić information content (AvgIpc) is 2.80. The van der Waals surface area contributed by atoms with E-state index >= 15 is 0 Å². The van der Waals surface area contributed by atoms with Gasteiger partial charge < -0.3 is 10.5 Å². The summed E-state index contributed by atoms with van der Waals surface area (Å²) in [4.78, 5) is 0. The molecule has 88 valence electrons. The fraction of sp³-hybridized carbons (Fsp3) is 0.571. The SMILES string of the molecule is COc1ccc([C@@H]2[C@@H](CN)C2(C)C)cc1C. The molecule has 0 bridgehead atoms. The Morgan fingerprint density at radius 2 is 2.06 bits per heavy atom. The van der Waals surface area contributed by atoms with E-state index in [4.69, 9.17) is 10.5 Å². The van der Waals surface area contributed by atoms with Crippen molar-refractivity contribution >= 4 is 0 Å². The molecule has 1 saturated carbocycles. The molecular weight excluding hydrogens is 198 g/mol. The minimum Gasteiger partial charge on any atom is -0.496 e. The average molecular weight is 219 g/mol. The van der Waals surface area contributed by atoms with Gasteiger partial charge in [0.15, 0.2) is 0 Å². The monoisotopic (exact) mass is 219 g/mol. The highest BCUT2D eigenvalue weighted by Gasteiger charge is 2.57. The first kappa shape index (κ1) is 11.5. The molecule has 16 heavy (non-hydrogen) atoms. The van der Waals surface area contributed by atoms with E-state index in [1.165, 1.54) is 11.1 Å². The third kappa shape index (κ3) is 1.61. The first-order chi connectivity index (χ1) is 7.52. The van der Waals surface area contributed by atoms with E-state index in [0.717, 1.165) is 12.3 Å². The predicted molar refractivity (Wildman–Crippen MR) is 66.8 cm³/mol. The van der Waals surface area contributed by atoms with Gasteiger partial charge in [-0.1, -0.05) is 26.0 Å². The normalized spacial score (nSPS) is 26.6. The quantitative estimate of drug-likeness (QED) is 0.848. The van der Waals surface area contributed by atoms with Gasteiger partial charge >= 0.3 is 0 Å². The van der Waals surface area contributed by atoms with Crippen molar-refractivity contribution in [3.63, 3.8) is 0 Å². The van der Waals surface area contributed by atoms with Gasteiger partial charge in [0.25, 0.3) is 0 Å². The van der Waals surface area contributed by atoms with Crippen LogP contribution in [0.1, 0.15) is 30.9 Å². The van der Waals surface area contributed by atoms with Crippen molar-refractivity contribution < 1.29 is 4.74 Å². The van der Waals surface area contributed by atoms with Gasteiger partial charge in [-0.2, -0.15) is 0 Å². The fourth-order valence-electron chi connectivity index (χ4n) is 2.94. The maximum absolute atomic E-state index is 5.81. The van der Waals surface area contributed by atoms with Gasteiger partial charge in [0.1, 0.15) is 5.75 Å². The topological polar surface area (TPSA) is 35.2 Å². The lowest BCUT2D eigenvalue weighted by atomic mass is 10.0. The lowest BCUT2D eigenvalue weighted by molar-refractivity contribution is 0.411. The number of benzene rings is 1. The molecule has 0 heterocycles. The van der Waals surface area contributed by atoms with Crippen LogP contribution in [0.4, 0.5) is 0 Å². The van der Waals surface area contributed by atoms with Crippen LogP contribution in [-0.2, 0) is 0 Å². The molecule has 2 N–H and O–H groups in total. The number of ether oxygens (including phenoxy) is 1. The third-order valence-electron chi connectivity index (χ3n) is 4.08. The van der Waals surface area contributed by atoms with Crippen molar-refractivity contribution in [2.24, 2.45) is 17.1 Å². The Morgan fingerprint density at radius 1 is 1.38 bits per heavy atom. The highest BCUT2D eigenvalue weighted by Crippen LogP contribution is 2.63. The van der Waals surface area contributed by atoms with E-state index in [1.807, 2.05) is 0 Å². The number of aryl methyl sites for hydroxylation is 1. The van der Waals surface area contributed by atoms with Crippen LogP contribution < -0.4 is 10.5 Å². The zero-order valence-electron chi connectivity index (χ0n) is 10.6. The Bertz CT molecular complexity index is 398. The zero-order chi connectivity index (χ0) is 11.9. The number of rotatable bonds is 3. The molecule has 0 unspecified atom stereocenters. The lowest BCUT2D eigenvalue weighted by Crippen LogP contribution is -2.05. The van der Waals surface area contributed by atoms with Crippen molar-refractivity contribution in [2.75, 3.05) is 13.7 Å². The molecule has 0 saturated heterocycles. The summed E-state index contributed by atoms with van der Waals surface area (Å²) in [6.45, 7) is 7.47. The third-order valence-corrected chi connectivity index (χ3v) is 4.08. The molecule has 0 amide bonds. The molecule has 0 spiro atoms. The van der Waals surface area contributed by atoms with Crippen molar-refractivity contribution in [3.8, 4) is 5.75 Å². The number of hydrogen-bond acceptors (Lipinski definition) is 2. The number of methoxy groups -OCH3 is 1. The molecular formula is C14H21NO. The maximum Gasteiger partial charge on any atom is 0.121 e. The van der Waals surface area contributed by atoms with E-state index in [1.54, 1.807) is 7.11 Å². The highest BCUT2D eigenvalue weighted by atomic mass is 16.5. The fourth-order valence-corrected chi connectivity index (χ4v) is 2.94. The molecule has 2 nitrogen and oxygen atoms in total. The number of hydrogen-bond donors (Lipinski definition) is 1. The van der Waals surface area contributed by atoms with E-state index in [9.17, 15) is 0 Å². The van der Waals surface area contributed by atoms with Crippen LogP contribution in [0.15, 0.2) is 18.2 Å². The van der Waals surface area contributed by atoms with Gasteiger partial charge in [0.05, 0.1) is 7.11 Å². The minimum atomic E-state index is 0.357. The van der Waals surface area contributed by atoms with Crippen LogP contribution in [0.2, 0.25) is 0 Å². The standard InChI is InChI=1S/C14H21NO/c1-9-7-10(5-6-12(9)16-4)13-11(8-15)14(13,2)3/h5-7,11,13H,8,15H2,1-4H3/t11-,13-/m1/s1. The van der Waals surface area contributed by atoms with Gasteiger partial charge in [-0.05, 0) is 47.9 Å². The molecule has 1 aliphatic rings. The molecule has 2 heteroatoms. The van der Waals surface area contributed by atoms with Gasteiger partial charge in [-0.3, -0.25) is 0 Å². The molecule has 2 atom stereocenters. The first-order valence-corrected chi connectivity index (χ1v) is 5.87. The zero-order valence-corrected chi connectivity index (χ0v) is 10.6. The molecule has 1 aliphatic carbocycles. The van der Waals surface area contributed by atoms with Crippen molar-refractivity contribution in [1.82, 2.24) is 0 Å². The molecule has 0 radical (unpaired) electrons. The second kappa shape index (κ2) is 3.77. The summed E-state index contributed by atoms with van der Waals surface area (Å²) in [6.07, 6.45) is 0. The van der Waals surface area contributed by atoms with Crippen LogP contribution in [-0.4, -0.2) is 13.7 Å². The van der Waals surface area contributed by atoms with Crippen LogP contribution in [0.25, 0.3) is 0 Å². The lowest BCUT2D eigenvalue weighted by Gasteiger charge is -2.08. The van der Waals surface area contributed by atoms with E-state index in [-0.39, 0.29) is 0 Å². The number of nitrogens with two attached hydrogens (primary N) is 1. The first-order valence-electron chi connectivity index (χ1n) is 5.87. The van der Waals surface area contributed by atoms with Crippen LogP contribution in [0, 0.1) is 18.3 Å². The summed E-state index contributed by atoms with van der Waals surface area (Å²) < 4.78 is 5.28. The highest BCUT2D eigenvalue weighted by molar-refractivity contribution is 5.41. The molecule has 1 aromatic rings. The summed E-state index contributed by atoms with van der Waals surface area (Å²) >= 11 is 0. The Morgan fingerprint density at radius 3 is 2.50 bits per heavy atom. The Hall–Kier alpha value is -1.02. The Balaban J connectivity index is 2.27. The molecule has 2 rings (SSSR count). The second-order valence-corrected chi connectivity index (χ2v) is 5.37. The Kier molecular flexibility index (Phi) is 2.70. The minimum absolute atomic E-state index is 0.357. The van der Waals surface area contributed by atoms with Crippen molar-refractivity contribution in [3.05, 3.63) is 29.3 Å². The summed E-state index contributed by atoms with van der Waals surface area (Å²) in [5.41, 5.74) is 8.77. The van der Waals surface area contributed by atoms with Gasteiger partial charge in [0, 0.05) is 0 Å². The smallest absolute Gasteiger partial charge is 0.121 e. The van der Waals surface area contributed by atoms with Crippen LogP contribution in [0.3, 0.4) is 0 Å². The van der Waals surface area contributed by atoms with E-state index in [0.29, 0.717) is 17.3 Å². The summed E-state index contributed by atoms with van der Waals surface area (Å²) in [5, 5.41) is 0. The second-order valence-electron chi connectivity index (χ2n) is 5.37. The predicted octanol–water partition coefficient (Wildman–Crippen LogP) is 2.70. The molecule has 1 fully saturated rings. The molecule has 1 aromatic carbocycles. The summed E-state index contributed by atoms with van der Waals surface area (Å²) in [5.74, 6) is 2.20. The van der Waals surface area contributed by atoms with Gasteiger partial charge in [0.2, 0.25) is 0 Å². The molecule has 0 aromatic heterocycles. The summed E-state index contributed by atoms with van der Waals surface area (Å²) in [7, 11) is 1.71. The molecule has 0 aliphatic heterocycles. The van der Waals surface area contributed by atoms with Crippen LogP contribution >= 0.6 is 0 Å². The van der Waals surface area contributed by atoms with Gasteiger partial charge in [-0.25, -0.2) is 0 Å². The van der Waals surface area contributed by atoms with Crippen molar-refractivity contribution in [2.45, 2.75) is 26.7 Å². The maximum atomic E-state index is 5.81. The van der Waals surface area contributed by atoms with E-state index in [2.05, 4.69) is 39.0 Å². The van der Waals surface area contributed by atoms with Crippen LogP contribution in [0.5, 0.6) is 5.75 Å². The van der Waals surface area contributed by atoms with E-state index < -0.39 is 0 Å².